The van der Waals surface area contributed by atoms with E-state index in [9.17, 15) is 46.3 Å². The Morgan fingerprint density at radius 2 is 1.79 bits per heavy atom. The molecule has 290 valence electrons. The normalized spacial score (nSPS) is 21.6. The Hall–Kier alpha value is -4.36. The monoisotopic (exact) mass is 765 g/mol. The molecule has 2 aliphatic heterocycles. The largest absolute Gasteiger partial charge is 0.384 e. The molecule has 19 heteroatoms. The number of rotatable bonds is 13. The topological polar surface area (TPSA) is 233 Å². The maximum absolute atomic E-state index is 14.7. The summed E-state index contributed by atoms with van der Waals surface area (Å²) in [6.45, 7) is 3.01. The molecule has 2 aromatic rings. The highest BCUT2D eigenvalue weighted by atomic mass is 32.2. The van der Waals surface area contributed by atoms with Gasteiger partial charge in [0, 0.05) is 44.6 Å². The van der Waals surface area contributed by atoms with Crippen molar-refractivity contribution in [1.82, 2.24) is 30.5 Å². The van der Waals surface area contributed by atoms with Crippen molar-refractivity contribution in [3.63, 3.8) is 0 Å². The van der Waals surface area contributed by atoms with Crippen LogP contribution >= 0.6 is 0 Å². The second-order valence-electron chi connectivity index (χ2n) is 14.5. The number of hydrogen-bond donors (Lipinski definition) is 4. The third-order valence-electron chi connectivity index (χ3n) is 10.3. The number of alkyl halides is 2. The lowest BCUT2D eigenvalue weighted by atomic mass is 9.84. The average molecular weight is 766 g/mol. The van der Waals surface area contributed by atoms with Crippen molar-refractivity contribution in [1.29, 1.82) is 0 Å². The van der Waals surface area contributed by atoms with E-state index in [4.69, 9.17) is 10.5 Å². The number of nitrogens with zero attached hydrogens (tertiary/aromatic N) is 4. The first-order chi connectivity index (χ1) is 24.9. The van der Waals surface area contributed by atoms with Crippen LogP contribution in [0.1, 0.15) is 93.7 Å². The van der Waals surface area contributed by atoms with Gasteiger partial charge in [0.1, 0.15) is 23.2 Å². The van der Waals surface area contributed by atoms with E-state index >= 15 is 0 Å². The second kappa shape index (κ2) is 15.9. The van der Waals surface area contributed by atoms with E-state index in [2.05, 4.69) is 20.9 Å². The van der Waals surface area contributed by atoms with Crippen LogP contribution in [-0.2, 0) is 39.4 Å². The molecule has 3 atom stereocenters. The minimum absolute atomic E-state index is 0.00465. The van der Waals surface area contributed by atoms with E-state index < -0.39 is 79.2 Å². The molecule has 3 fully saturated rings. The lowest BCUT2D eigenvalue weighted by Gasteiger charge is -2.37. The van der Waals surface area contributed by atoms with Gasteiger partial charge in [0.25, 0.3) is 11.8 Å². The highest BCUT2D eigenvalue weighted by molar-refractivity contribution is 7.91. The van der Waals surface area contributed by atoms with Crippen molar-refractivity contribution < 1.29 is 51.0 Å². The van der Waals surface area contributed by atoms with Gasteiger partial charge in [-0.15, -0.1) is 5.10 Å². The van der Waals surface area contributed by atoms with E-state index in [0.29, 0.717) is 5.69 Å². The molecule has 16 nitrogen and oxygen atoms in total. The molecule has 3 aliphatic rings. The maximum Gasteiger partial charge on any atom is 0.341 e. The Labute approximate surface area is 305 Å². The molecule has 1 aliphatic carbocycles. The van der Waals surface area contributed by atoms with Crippen molar-refractivity contribution in [2.75, 3.05) is 19.8 Å². The third-order valence-corrected chi connectivity index (χ3v) is 11.7. The van der Waals surface area contributed by atoms with Crippen LogP contribution in [0.4, 0.5) is 8.78 Å². The zero-order valence-electron chi connectivity index (χ0n) is 29.5. The van der Waals surface area contributed by atoms with E-state index in [1.165, 1.54) is 35.7 Å². The molecule has 0 bridgehead atoms. The number of carbonyl (C=O) groups is 5. The van der Waals surface area contributed by atoms with Crippen LogP contribution in [0.25, 0.3) is 0 Å². The smallest absolute Gasteiger partial charge is 0.341 e. The zero-order valence-corrected chi connectivity index (χ0v) is 30.3. The Kier molecular flexibility index (Phi) is 12.0. The number of carbonyl (C=O) groups excluding carboxylic acids is 5. The summed E-state index contributed by atoms with van der Waals surface area (Å²) in [5, 5.41) is 24.3. The third kappa shape index (κ3) is 8.73. The van der Waals surface area contributed by atoms with Crippen LogP contribution < -0.4 is 16.4 Å². The molecule has 5 rings (SSSR count). The van der Waals surface area contributed by atoms with Gasteiger partial charge in [-0.1, -0.05) is 43.4 Å². The van der Waals surface area contributed by atoms with Crippen LogP contribution in [0, 0.1) is 5.92 Å². The second-order valence-corrected chi connectivity index (χ2v) is 16.4. The molecule has 53 heavy (non-hydrogen) atoms. The molecule has 0 spiro atoms. The van der Waals surface area contributed by atoms with Crippen LogP contribution in [0.3, 0.4) is 0 Å². The summed E-state index contributed by atoms with van der Waals surface area (Å²) in [6, 6.07) is 0.907. The van der Waals surface area contributed by atoms with E-state index in [-0.39, 0.29) is 56.9 Å². The SMILES string of the molecule is CC(C)(O)c1cnnn1C1CC(C(=O)NC2(C(=O)C(N)=O)CCOCC2)N(C(=O)[C@@H](CC2CCCCC2)NC(=O)c2cccc(S(=O)(=O)C(F)F)c2)C1. The van der Waals surface area contributed by atoms with Gasteiger partial charge in [0.2, 0.25) is 27.4 Å². The van der Waals surface area contributed by atoms with Gasteiger partial charge in [-0.05, 0) is 44.4 Å². The standard InChI is InChI=1S/C34H45F2N7O9S/c1-33(2,49)26-18-38-41-43(26)22-17-25(30(47)40-34(27(44)28(37)45)11-13-52-14-12-34)42(19-22)31(48)24(15-20-7-4-3-5-8-20)39-29(46)21-9-6-10-23(16-21)53(50,51)32(35)36/h6,9-10,16,18,20,22,24-25,32,49H,3-5,7-8,11-15,17,19H2,1-2H3,(H2,37,45)(H,39,46)(H,40,47)/t22?,24-,25?/m1/s1. The highest BCUT2D eigenvalue weighted by Gasteiger charge is 2.49. The Balaban J connectivity index is 1.50. The fraction of sp³-hybridized carbons (Fsp3) is 0.618. The molecule has 1 aromatic carbocycles. The minimum atomic E-state index is -5.03. The quantitative estimate of drug-likeness (QED) is 0.211. The number of hydrogen-bond acceptors (Lipinski definition) is 11. The molecule has 3 heterocycles. The lowest BCUT2D eigenvalue weighted by molar-refractivity contribution is -0.147. The van der Waals surface area contributed by atoms with E-state index in [1.807, 2.05) is 0 Å². The van der Waals surface area contributed by atoms with Crippen LogP contribution in [0.2, 0.25) is 0 Å². The molecule has 4 amide bonds. The number of nitrogens with one attached hydrogen (secondary N) is 2. The van der Waals surface area contributed by atoms with Crippen molar-refractivity contribution in [2.45, 2.75) is 112 Å². The fourth-order valence-corrected chi connectivity index (χ4v) is 8.22. The van der Waals surface area contributed by atoms with Gasteiger partial charge < -0.3 is 31.1 Å². The first-order valence-electron chi connectivity index (χ1n) is 17.5. The molecule has 1 saturated carbocycles. The number of ether oxygens (including phenoxy) is 1. The number of sulfone groups is 1. The molecule has 1 aromatic heterocycles. The number of benzene rings is 1. The van der Waals surface area contributed by atoms with Crippen molar-refractivity contribution in [2.24, 2.45) is 11.7 Å². The van der Waals surface area contributed by atoms with E-state index in [1.54, 1.807) is 0 Å². The Bertz CT molecular complexity index is 1820. The Morgan fingerprint density at radius 3 is 2.42 bits per heavy atom. The van der Waals surface area contributed by atoms with Crippen molar-refractivity contribution in [3.8, 4) is 0 Å². The Morgan fingerprint density at radius 1 is 1.11 bits per heavy atom. The van der Waals surface area contributed by atoms with Gasteiger partial charge in [0.15, 0.2) is 0 Å². The summed E-state index contributed by atoms with van der Waals surface area (Å²) in [5.74, 6) is -8.30. The summed E-state index contributed by atoms with van der Waals surface area (Å²) in [4.78, 5) is 68.3. The van der Waals surface area contributed by atoms with Gasteiger partial charge in [-0.25, -0.2) is 13.1 Å². The summed E-state index contributed by atoms with van der Waals surface area (Å²) in [7, 11) is -5.03. The first-order valence-corrected chi connectivity index (χ1v) is 19.1. The van der Waals surface area contributed by atoms with Crippen molar-refractivity contribution in [3.05, 3.63) is 41.7 Å². The van der Waals surface area contributed by atoms with Crippen LogP contribution in [0.15, 0.2) is 35.4 Å². The molecular formula is C34H45F2N7O9S. The average Bonchev–Trinajstić information content (AvgIpc) is 3.80. The molecular weight excluding hydrogens is 720 g/mol. The van der Waals surface area contributed by atoms with Gasteiger partial charge in [0.05, 0.1) is 22.8 Å². The predicted molar refractivity (Wildman–Crippen MR) is 182 cm³/mol. The minimum Gasteiger partial charge on any atom is -0.384 e. The fourth-order valence-electron chi connectivity index (χ4n) is 7.45. The number of likely N-dealkylation sites (tertiary alicyclic amines) is 1. The number of ketones is 1. The number of aromatic nitrogens is 3. The van der Waals surface area contributed by atoms with Crippen LogP contribution in [0.5, 0.6) is 0 Å². The van der Waals surface area contributed by atoms with Gasteiger partial charge in [-0.2, -0.15) is 8.78 Å². The highest BCUT2D eigenvalue weighted by Crippen LogP contribution is 2.34. The molecule has 0 radical (unpaired) electrons. The summed E-state index contributed by atoms with van der Waals surface area (Å²) >= 11 is 0. The summed E-state index contributed by atoms with van der Waals surface area (Å²) < 4.78 is 57.8. The molecule has 2 saturated heterocycles. The van der Waals surface area contributed by atoms with Crippen LogP contribution in [-0.4, -0.2) is 106 Å². The molecule has 2 unspecified atom stereocenters. The lowest BCUT2D eigenvalue weighted by Crippen LogP contribution is -2.64. The number of primary amides is 1. The van der Waals surface area contributed by atoms with Gasteiger partial charge >= 0.3 is 5.76 Å². The number of Topliss-reactive ketones (excluding diaryl/α,β-unsaturated/α-hetero) is 1. The number of nitrogens with two attached hydrogens (primary N) is 1. The summed E-state index contributed by atoms with van der Waals surface area (Å²) in [6.07, 6.45) is 5.70. The van der Waals surface area contributed by atoms with Crippen molar-refractivity contribution >= 4 is 39.2 Å². The summed E-state index contributed by atoms with van der Waals surface area (Å²) in [5.41, 5.74) is 2.30. The predicted octanol–water partition coefficient (Wildman–Crippen LogP) is 1.13. The number of amides is 4. The molecule has 5 N–H and O–H groups in total. The van der Waals surface area contributed by atoms with E-state index in [0.717, 1.165) is 50.3 Å². The first kappa shape index (κ1) is 39.8. The number of halogens is 2. The number of aliphatic hydroxyl groups is 1. The maximum atomic E-state index is 14.7. The van der Waals surface area contributed by atoms with Gasteiger partial charge in [-0.3, -0.25) is 24.0 Å². The zero-order chi connectivity index (χ0) is 38.7.